The van der Waals surface area contributed by atoms with E-state index in [-0.39, 0.29) is 5.82 Å². The Bertz CT molecular complexity index is 575. The monoisotopic (exact) mass is 244 g/mol. The SMILES string of the molecule is Cc1cc(F)ccc1C(O)c1cccc(C)c1C. The molecular formula is C16H17FO. The summed E-state index contributed by atoms with van der Waals surface area (Å²) in [4.78, 5) is 0. The van der Waals surface area contributed by atoms with Crippen LogP contribution in [0.1, 0.15) is 33.9 Å². The van der Waals surface area contributed by atoms with Crippen LogP contribution in [0, 0.1) is 26.6 Å². The summed E-state index contributed by atoms with van der Waals surface area (Å²) in [6.07, 6.45) is -0.703. The normalized spacial score (nSPS) is 12.5. The zero-order valence-corrected chi connectivity index (χ0v) is 10.9. The van der Waals surface area contributed by atoms with Crippen LogP contribution in [0.2, 0.25) is 0 Å². The molecule has 0 amide bonds. The predicted octanol–water partition coefficient (Wildman–Crippen LogP) is 3.83. The Balaban J connectivity index is 2.48. The highest BCUT2D eigenvalue weighted by molar-refractivity contribution is 5.41. The summed E-state index contributed by atoms with van der Waals surface area (Å²) in [6, 6.07) is 10.3. The highest BCUT2D eigenvalue weighted by Crippen LogP contribution is 2.28. The van der Waals surface area contributed by atoms with Gasteiger partial charge in [0.15, 0.2) is 0 Å². The fourth-order valence-electron chi connectivity index (χ4n) is 2.18. The van der Waals surface area contributed by atoms with Crippen molar-refractivity contribution in [1.82, 2.24) is 0 Å². The molecule has 0 spiro atoms. The molecule has 0 radical (unpaired) electrons. The molecule has 0 aromatic heterocycles. The second kappa shape index (κ2) is 4.91. The lowest BCUT2D eigenvalue weighted by Crippen LogP contribution is -2.05. The Morgan fingerprint density at radius 2 is 1.67 bits per heavy atom. The van der Waals surface area contributed by atoms with E-state index in [1.165, 1.54) is 12.1 Å². The Morgan fingerprint density at radius 1 is 0.944 bits per heavy atom. The first kappa shape index (κ1) is 12.8. The van der Waals surface area contributed by atoms with E-state index in [0.717, 1.165) is 27.8 Å². The molecule has 1 N–H and O–H groups in total. The molecule has 0 saturated heterocycles. The first-order valence-corrected chi connectivity index (χ1v) is 6.01. The average Bonchev–Trinajstić information content (AvgIpc) is 2.32. The molecule has 1 nitrogen and oxygen atoms in total. The molecule has 0 aliphatic carbocycles. The summed E-state index contributed by atoms with van der Waals surface area (Å²) in [7, 11) is 0. The number of rotatable bonds is 2. The van der Waals surface area contributed by atoms with Gasteiger partial charge in [-0.15, -0.1) is 0 Å². The van der Waals surface area contributed by atoms with E-state index in [4.69, 9.17) is 0 Å². The predicted molar refractivity (Wildman–Crippen MR) is 71.1 cm³/mol. The van der Waals surface area contributed by atoms with Crippen LogP contribution < -0.4 is 0 Å². The van der Waals surface area contributed by atoms with Crippen molar-refractivity contribution in [2.75, 3.05) is 0 Å². The van der Waals surface area contributed by atoms with Crippen molar-refractivity contribution < 1.29 is 9.50 Å². The highest BCUT2D eigenvalue weighted by Gasteiger charge is 2.15. The summed E-state index contributed by atoms with van der Waals surface area (Å²) < 4.78 is 13.1. The van der Waals surface area contributed by atoms with E-state index in [2.05, 4.69) is 0 Å². The molecule has 1 atom stereocenters. The van der Waals surface area contributed by atoms with Gasteiger partial charge in [-0.25, -0.2) is 4.39 Å². The van der Waals surface area contributed by atoms with Gasteiger partial charge >= 0.3 is 0 Å². The Hall–Kier alpha value is -1.67. The molecule has 0 aliphatic rings. The molecule has 1 unspecified atom stereocenters. The van der Waals surface area contributed by atoms with E-state index >= 15 is 0 Å². The van der Waals surface area contributed by atoms with Gasteiger partial charge in [0.05, 0.1) is 0 Å². The van der Waals surface area contributed by atoms with Gasteiger partial charge in [-0.1, -0.05) is 24.3 Å². The number of hydrogen-bond acceptors (Lipinski definition) is 1. The van der Waals surface area contributed by atoms with Gasteiger partial charge in [-0.05, 0) is 60.7 Å². The molecule has 18 heavy (non-hydrogen) atoms. The van der Waals surface area contributed by atoms with Gasteiger partial charge in [0, 0.05) is 0 Å². The van der Waals surface area contributed by atoms with Crippen molar-refractivity contribution >= 4 is 0 Å². The lowest BCUT2D eigenvalue weighted by Gasteiger charge is -2.17. The van der Waals surface area contributed by atoms with Gasteiger partial charge in [0.1, 0.15) is 11.9 Å². The number of aryl methyl sites for hydroxylation is 2. The lowest BCUT2D eigenvalue weighted by molar-refractivity contribution is 0.218. The number of halogens is 1. The smallest absolute Gasteiger partial charge is 0.123 e. The average molecular weight is 244 g/mol. The van der Waals surface area contributed by atoms with Crippen molar-refractivity contribution in [2.45, 2.75) is 26.9 Å². The van der Waals surface area contributed by atoms with Crippen molar-refractivity contribution in [3.05, 3.63) is 70.0 Å². The molecule has 0 bridgehead atoms. The van der Waals surface area contributed by atoms with Crippen LogP contribution in [-0.2, 0) is 0 Å². The van der Waals surface area contributed by atoms with Gasteiger partial charge in [0.2, 0.25) is 0 Å². The second-order valence-electron chi connectivity index (χ2n) is 4.69. The first-order valence-electron chi connectivity index (χ1n) is 6.01. The van der Waals surface area contributed by atoms with Crippen LogP contribution in [0.5, 0.6) is 0 Å². The number of aliphatic hydroxyl groups excluding tert-OH is 1. The van der Waals surface area contributed by atoms with Crippen LogP contribution in [0.15, 0.2) is 36.4 Å². The maximum Gasteiger partial charge on any atom is 0.123 e. The van der Waals surface area contributed by atoms with Gasteiger partial charge < -0.3 is 5.11 Å². The molecule has 0 fully saturated rings. The molecule has 0 aliphatic heterocycles. The van der Waals surface area contributed by atoms with Crippen LogP contribution in [0.3, 0.4) is 0 Å². The molecule has 2 rings (SSSR count). The van der Waals surface area contributed by atoms with E-state index < -0.39 is 6.10 Å². The molecular weight excluding hydrogens is 227 g/mol. The quantitative estimate of drug-likeness (QED) is 0.851. The Morgan fingerprint density at radius 3 is 2.33 bits per heavy atom. The maximum absolute atomic E-state index is 13.1. The molecule has 2 aromatic rings. The third-order valence-corrected chi connectivity index (χ3v) is 3.47. The third kappa shape index (κ3) is 2.29. The minimum absolute atomic E-state index is 0.274. The fourth-order valence-corrected chi connectivity index (χ4v) is 2.18. The summed E-state index contributed by atoms with van der Waals surface area (Å²) in [5.41, 5.74) is 4.62. The van der Waals surface area contributed by atoms with E-state index in [1.54, 1.807) is 6.07 Å². The van der Waals surface area contributed by atoms with Crippen LogP contribution in [0.25, 0.3) is 0 Å². The molecule has 0 saturated carbocycles. The summed E-state index contributed by atoms with van der Waals surface area (Å²) >= 11 is 0. The minimum Gasteiger partial charge on any atom is -0.384 e. The summed E-state index contributed by atoms with van der Waals surface area (Å²) in [6.45, 7) is 5.82. The van der Waals surface area contributed by atoms with Crippen molar-refractivity contribution in [2.24, 2.45) is 0 Å². The van der Waals surface area contributed by atoms with Gasteiger partial charge in [0.25, 0.3) is 0 Å². The molecule has 0 heterocycles. The molecule has 2 heteroatoms. The zero-order chi connectivity index (χ0) is 13.3. The number of hydrogen-bond donors (Lipinski definition) is 1. The van der Waals surface area contributed by atoms with Gasteiger partial charge in [-0.3, -0.25) is 0 Å². The maximum atomic E-state index is 13.1. The largest absolute Gasteiger partial charge is 0.384 e. The molecule has 94 valence electrons. The van der Waals surface area contributed by atoms with Crippen LogP contribution in [-0.4, -0.2) is 5.11 Å². The molecule has 2 aromatic carbocycles. The van der Waals surface area contributed by atoms with Crippen molar-refractivity contribution in [3.63, 3.8) is 0 Å². The minimum atomic E-state index is -0.703. The standard InChI is InChI=1S/C16H17FO/c1-10-5-4-6-15(12(10)3)16(18)14-8-7-13(17)9-11(14)2/h4-9,16,18H,1-3H3. The number of aliphatic hydroxyl groups is 1. The number of benzene rings is 2. The van der Waals surface area contributed by atoms with E-state index in [0.29, 0.717) is 0 Å². The highest BCUT2D eigenvalue weighted by atomic mass is 19.1. The zero-order valence-electron chi connectivity index (χ0n) is 10.9. The van der Waals surface area contributed by atoms with Gasteiger partial charge in [-0.2, -0.15) is 0 Å². The topological polar surface area (TPSA) is 20.2 Å². The summed E-state index contributed by atoms with van der Waals surface area (Å²) in [5.74, 6) is -0.274. The van der Waals surface area contributed by atoms with E-state index in [9.17, 15) is 9.50 Å². The van der Waals surface area contributed by atoms with E-state index in [1.807, 2.05) is 39.0 Å². The lowest BCUT2D eigenvalue weighted by atomic mass is 9.92. The van der Waals surface area contributed by atoms with Crippen LogP contribution >= 0.6 is 0 Å². The Labute approximate surface area is 107 Å². The van der Waals surface area contributed by atoms with Crippen molar-refractivity contribution in [3.8, 4) is 0 Å². The van der Waals surface area contributed by atoms with Crippen LogP contribution in [0.4, 0.5) is 4.39 Å². The Kier molecular flexibility index (Phi) is 3.48. The second-order valence-corrected chi connectivity index (χ2v) is 4.69. The summed E-state index contributed by atoms with van der Waals surface area (Å²) in [5, 5.41) is 10.4. The fraction of sp³-hybridized carbons (Fsp3) is 0.250. The first-order chi connectivity index (χ1) is 8.50. The van der Waals surface area contributed by atoms with Crippen molar-refractivity contribution in [1.29, 1.82) is 0 Å². The third-order valence-electron chi connectivity index (χ3n) is 3.47.